The van der Waals surface area contributed by atoms with Crippen LogP contribution >= 0.6 is 39.3 Å². The van der Waals surface area contributed by atoms with Crippen molar-refractivity contribution in [2.45, 2.75) is 32.2 Å². The fourth-order valence-electron chi connectivity index (χ4n) is 1.72. The molecule has 0 aromatic heterocycles. The maximum atomic E-state index is 6.08. The van der Waals surface area contributed by atoms with Crippen molar-refractivity contribution in [3.63, 3.8) is 0 Å². The molecule has 1 unspecified atom stereocenters. The minimum Gasteiger partial charge on any atom is -0.335 e. The van der Waals surface area contributed by atoms with Gasteiger partial charge in [-0.3, -0.25) is 4.99 Å². The summed E-state index contributed by atoms with van der Waals surface area (Å²) in [5.41, 5.74) is 1.06. The van der Waals surface area contributed by atoms with Crippen molar-refractivity contribution < 1.29 is 0 Å². The molecule has 0 bridgehead atoms. The Kier molecular flexibility index (Phi) is 4.62. The molecule has 0 saturated heterocycles. The zero-order valence-electron chi connectivity index (χ0n) is 10.5. The molecule has 1 aromatic carbocycles. The smallest absolute Gasteiger partial charge is 0.161 e. The van der Waals surface area contributed by atoms with Crippen molar-refractivity contribution in [1.29, 1.82) is 0 Å². The van der Waals surface area contributed by atoms with Crippen LogP contribution in [-0.2, 0) is 0 Å². The molecule has 1 aliphatic heterocycles. The van der Waals surface area contributed by atoms with E-state index < -0.39 is 0 Å². The molecule has 18 heavy (non-hydrogen) atoms. The standard InChI is InChI=1S/C13H16BrClN2S/c1-3-13(2)6-7-18-12(17-13)16-9-4-5-10(14)11(15)8-9/h4-5,8H,3,6-7H2,1-2H3,(H,16,17). The maximum Gasteiger partial charge on any atom is 0.161 e. The number of benzene rings is 1. The summed E-state index contributed by atoms with van der Waals surface area (Å²) in [4.78, 5) is 4.79. The SMILES string of the molecule is CCC1(C)CCSC(Nc2ccc(Br)c(Cl)c2)=N1. The van der Waals surface area contributed by atoms with Gasteiger partial charge in [-0.2, -0.15) is 0 Å². The second-order valence-electron chi connectivity index (χ2n) is 4.62. The first-order chi connectivity index (χ1) is 8.52. The minimum absolute atomic E-state index is 0.0761. The summed E-state index contributed by atoms with van der Waals surface area (Å²) in [6.07, 6.45) is 2.21. The number of nitrogens with one attached hydrogen (secondary N) is 1. The summed E-state index contributed by atoms with van der Waals surface area (Å²) >= 11 is 11.2. The lowest BCUT2D eigenvalue weighted by Gasteiger charge is -2.29. The number of anilines is 1. The van der Waals surface area contributed by atoms with Gasteiger partial charge in [-0.05, 0) is 53.9 Å². The maximum absolute atomic E-state index is 6.08. The van der Waals surface area contributed by atoms with Crippen molar-refractivity contribution in [1.82, 2.24) is 0 Å². The Morgan fingerprint density at radius 1 is 1.56 bits per heavy atom. The fraction of sp³-hybridized carbons (Fsp3) is 0.462. The van der Waals surface area contributed by atoms with Gasteiger partial charge in [0, 0.05) is 15.9 Å². The molecular weight excluding hydrogens is 332 g/mol. The van der Waals surface area contributed by atoms with Gasteiger partial charge in [0.1, 0.15) is 0 Å². The molecule has 2 rings (SSSR count). The molecule has 1 N–H and O–H groups in total. The van der Waals surface area contributed by atoms with E-state index in [-0.39, 0.29) is 5.54 Å². The summed E-state index contributed by atoms with van der Waals surface area (Å²) in [5.74, 6) is 1.11. The molecule has 0 fully saturated rings. The number of rotatable bonds is 2. The highest BCUT2D eigenvalue weighted by molar-refractivity contribution is 9.10. The third-order valence-corrected chi connectivity index (χ3v) is 5.29. The highest BCUT2D eigenvalue weighted by Crippen LogP contribution is 2.31. The topological polar surface area (TPSA) is 24.4 Å². The van der Waals surface area contributed by atoms with Crippen molar-refractivity contribution >= 4 is 50.1 Å². The van der Waals surface area contributed by atoms with E-state index in [2.05, 4.69) is 35.1 Å². The molecule has 1 aromatic rings. The average Bonchev–Trinajstić information content (AvgIpc) is 2.34. The van der Waals surface area contributed by atoms with E-state index in [1.807, 2.05) is 18.2 Å². The summed E-state index contributed by atoms with van der Waals surface area (Å²) in [6.45, 7) is 4.40. The normalized spacial score (nSPS) is 23.7. The number of hydrogen-bond acceptors (Lipinski definition) is 3. The van der Waals surface area contributed by atoms with Crippen molar-refractivity contribution in [3.8, 4) is 0 Å². The van der Waals surface area contributed by atoms with E-state index in [0.717, 1.165) is 33.9 Å². The Hall–Kier alpha value is -0.190. The summed E-state index contributed by atoms with van der Waals surface area (Å²) in [5, 5.41) is 5.04. The highest BCUT2D eigenvalue weighted by Gasteiger charge is 2.25. The van der Waals surface area contributed by atoms with Crippen LogP contribution in [0.3, 0.4) is 0 Å². The van der Waals surface area contributed by atoms with Crippen LogP contribution < -0.4 is 5.32 Å². The van der Waals surface area contributed by atoms with Gasteiger partial charge in [-0.25, -0.2) is 0 Å². The Bertz CT molecular complexity index is 478. The van der Waals surface area contributed by atoms with Crippen LogP contribution in [0.1, 0.15) is 26.7 Å². The molecule has 0 aliphatic carbocycles. The quantitative estimate of drug-likeness (QED) is 0.797. The average molecular weight is 348 g/mol. The molecule has 0 amide bonds. The van der Waals surface area contributed by atoms with E-state index in [1.54, 1.807) is 11.8 Å². The number of aliphatic imine (C=N–C) groups is 1. The largest absolute Gasteiger partial charge is 0.335 e. The molecule has 5 heteroatoms. The summed E-state index contributed by atoms with van der Waals surface area (Å²) in [7, 11) is 0. The zero-order valence-corrected chi connectivity index (χ0v) is 13.6. The molecule has 0 spiro atoms. The lowest BCUT2D eigenvalue weighted by Crippen LogP contribution is -2.29. The Balaban J connectivity index is 2.16. The second kappa shape index (κ2) is 5.85. The van der Waals surface area contributed by atoms with Crippen LogP contribution in [0.25, 0.3) is 0 Å². The molecule has 2 nitrogen and oxygen atoms in total. The van der Waals surface area contributed by atoms with E-state index in [1.165, 1.54) is 0 Å². The minimum atomic E-state index is 0.0761. The van der Waals surface area contributed by atoms with E-state index in [9.17, 15) is 0 Å². The molecule has 0 radical (unpaired) electrons. The lowest BCUT2D eigenvalue weighted by molar-refractivity contribution is 0.443. The number of thioether (sulfide) groups is 1. The lowest BCUT2D eigenvalue weighted by atomic mass is 9.97. The van der Waals surface area contributed by atoms with Gasteiger partial charge >= 0.3 is 0 Å². The molecule has 1 atom stereocenters. The predicted molar refractivity (Wildman–Crippen MR) is 86.0 cm³/mol. The second-order valence-corrected chi connectivity index (χ2v) is 6.96. The van der Waals surface area contributed by atoms with Crippen molar-refractivity contribution in [2.24, 2.45) is 4.99 Å². The van der Waals surface area contributed by atoms with Gasteiger partial charge in [0.15, 0.2) is 5.17 Å². The van der Waals surface area contributed by atoms with Crippen molar-refractivity contribution in [2.75, 3.05) is 11.1 Å². The molecule has 1 heterocycles. The van der Waals surface area contributed by atoms with Gasteiger partial charge < -0.3 is 5.32 Å². The van der Waals surface area contributed by atoms with Crippen LogP contribution in [0.15, 0.2) is 27.7 Å². The van der Waals surface area contributed by atoms with E-state index in [4.69, 9.17) is 16.6 Å². The monoisotopic (exact) mass is 346 g/mol. The van der Waals surface area contributed by atoms with Crippen molar-refractivity contribution in [3.05, 3.63) is 27.7 Å². The zero-order chi connectivity index (χ0) is 13.2. The Morgan fingerprint density at radius 3 is 3.00 bits per heavy atom. The number of hydrogen-bond donors (Lipinski definition) is 1. The third kappa shape index (κ3) is 3.43. The number of nitrogens with zero attached hydrogens (tertiary/aromatic N) is 1. The van der Waals surface area contributed by atoms with Crippen LogP contribution in [-0.4, -0.2) is 16.5 Å². The number of halogens is 2. The Morgan fingerprint density at radius 2 is 2.33 bits per heavy atom. The van der Waals surface area contributed by atoms with Gasteiger partial charge in [-0.15, -0.1) is 0 Å². The van der Waals surface area contributed by atoms with Gasteiger partial charge in [0.25, 0.3) is 0 Å². The van der Waals surface area contributed by atoms with Gasteiger partial charge in [-0.1, -0.05) is 30.3 Å². The first-order valence-corrected chi connectivity index (χ1v) is 8.13. The summed E-state index contributed by atoms with van der Waals surface area (Å²) in [6, 6.07) is 5.85. The summed E-state index contributed by atoms with van der Waals surface area (Å²) < 4.78 is 0.909. The molecule has 1 aliphatic rings. The first kappa shape index (κ1) is 14.2. The van der Waals surface area contributed by atoms with Gasteiger partial charge in [0.2, 0.25) is 0 Å². The third-order valence-electron chi connectivity index (χ3n) is 3.18. The Labute approximate surface area is 126 Å². The highest BCUT2D eigenvalue weighted by atomic mass is 79.9. The molecule has 0 saturated carbocycles. The first-order valence-electron chi connectivity index (χ1n) is 5.97. The fourth-order valence-corrected chi connectivity index (χ4v) is 3.36. The van der Waals surface area contributed by atoms with E-state index in [0.29, 0.717) is 5.02 Å². The van der Waals surface area contributed by atoms with Gasteiger partial charge in [0.05, 0.1) is 10.6 Å². The van der Waals surface area contributed by atoms with E-state index >= 15 is 0 Å². The number of amidine groups is 1. The molecular formula is C13H16BrClN2S. The van der Waals surface area contributed by atoms with Crippen LogP contribution in [0.4, 0.5) is 5.69 Å². The van der Waals surface area contributed by atoms with Crippen LogP contribution in [0.5, 0.6) is 0 Å². The van der Waals surface area contributed by atoms with Crippen LogP contribution in [0, 0.1) is 0 Å². The van der Waals surface area contributed by atoms with Crippen LogP contribution in [0.2, 0.25) is 5.02 Å². The predicted octanol–water partition coefficient (Wildman–Crippen LogP) is 5.18. The molecule has 98 valence electrons.